The zero-order chi connectivity index (χ0) is 16.0. The number of allylic oxidation sites excluding steroid dienone is 4. The summed E-state index contributed by atoms with van der Waals surface area (Å²) in [4.78, 5) is 0. The predicted octanol–water partition coefficient (Wildman–Crippen LogP) is 6.70. The molecule has 0 N–H and O–H groups in total. The molecule has 0 radical (unpaired) electrons. The van der Waals surface area contributed by atoms with Gasteiger partial charge in [-0.25, -0.2) is 0 Å². The van der Waals surface area contributed by atoms with Crippen LogP contribution in [-0.4, -0.2) is 5.49 Å². The van der Waals surface area contributed by atoms with Crippen molar-refractivity contribution >= 4 is 30.3 Å². The first-order chi connectivity index (χ1) is 11.2. The van der Waals surface area contributed by atoms with Gasteiger partial charge in [0.05, 0.1) is 0 Å². The van der Waals surface area contributed by atoms with Crippen LogP contribution in [0, 0.1) is 0 Å². The molecule has 0 saturated carbocycles. The van der Waals surface area contributed by atoms with Crippen molar-refractivity contribution in [2.75, 3.05) is 0 Å². The summed E-state index contributed by atoms with van der Waals surface area (Å²) in [6, 6.07) is 18.4. The van der Waals surface area contributed by atoms with Gasteiger partial charge < -0.3 is 0 Å². The van der Waals surface area contributed by atoms with Gasteiger partial charge in [0.2, 0.25) is 0 Å². The number of hydrogen-bond acceptors (Lipinski definition) is 0. The van der Waals surface area contributed by atoms with Crippen LogP contribution in [0.25, 0.3) is 11.1 Å². The van der Waals surface area contributed by atoms with Gasteiger partial charge in [0.15, 0.2) is 0 Å². The molecule has 25 heavy (non-hydrogen) atoms. The van der Waals surface area contributed by atoms with Crippen LogP contribution in [0.1, 0.15) is 28.1 Å². The molecule has 4 rings (SSSR count). The van der Waals surface area contributed by atoms with Gasteiger partial charge in [0, 0.05) is 0 Å². The molecule has 0 bridgehead atoms. The molecule has 0 aliphatic heterocycles. The minimum Gasteiger partial charge on any atom is -0.147 e. The quantitative estimate of drug-likeness (QED) is 0.363. The zero-order valence-electron chi connectivity index (χ0n) is 14.9. The summed E-state index contributed by atoms with van der Waals surface area (Å²) in [6.07, 6.45) is 6.01. The van der Waals surface area contributed by atoms with Crippen molar-refractivity contribution in [1.29, 1.82) is 0 Å². The van der Waals surface area contributed by atoms with Crippen LogP contribution in [0.15, 0.2) is 69.6 Å². The SMILES string of the molecule is CC1=[C]([Hf]([CH]2c3ccccc3-c3ccccc32)=[Si](C)C)CC=C1.Cl.Cl. The maximum Gasteiger partial charge on any atom is -0.147 e. The molecule has 2 aliphatic carbocycles. The van der Waals surface area contributed by atoms with Crippen molar-refractivity contribution < 1.29 is 20.1 Å². The second-order valence-electron chi connectivity index (χ2n) is 6.79. The molecule has 130 valence electrons. The summed E-state index contributed by atoms with van der Waals surface area (Å²) >= 11 is -1.93. The second kappa shape index (κ2) is 8.52. The van der Waals surface area contributed by atoms with E-state index in [1.165, 1.54) is 17.5 Å². The third kappa shape index (κ3) is 3.56. The average molecular weight is 554 g/mol. The average Bonchev–Trinajstić information content (AvgIpc) is 3.11. The molecule has 0 nitrogen and oxygen atoms in total. The third-order valence-corrected chi connectivity index (χ3v) is 31.5. The summed E-state index contributed by atoms with van der Waals surface area (Å²) < 4.78 is 2.64. The second-order valence-corrected chi connectivity index (χ2v) is 31.2. The smallest absolute Gasteiger partial charge is 0.147 e. The van der Waals surface area contributed by atoms with Crippen molar-refractivity contribution in [1.82, 2.24) is 0 Å². The van der Waals surface area contributed by atoms with Gasteiger partial charge in [-0.1, -0.05) is 0 Å². The van der Waals surface area contributed by atoms with Crippen LogP contribution in [-0.2, 0) is 20.1 Å². The number of hydrogen-bond donors (Lipinski definition) is 0. The van der Waals surface area contributed by atoms with E-state index in [0.717, 1.165) is 3.67 Å². The Morgan fingerprint density at radius 1 is 0.880 bits per heavy atom. The minimum absolute atomic E-state index is 0. The fourth-order valence-electron chi connectivity index (χ4n) is 4.17. The Bertz CT molecular complexity index is 847. The van der Waals surface area contributed by atoms with Crippen LogP contribution >= 0.6 is 24.8 Å². The molecule has 2 aliphatic rings. The fraction of sp³-hybridized carbons (Fsp3) is 0.238. The van der Waals surface area contributed by atoms with Crippen molar-refractivity contribution in [3.8, 4) is 11.1 Å². The summed E-state index contributed by atoms with van der Waals surface area (Å²) in [6.45, 7) is 7.50. The van der Waals surface area contributed by atoms with Crippen LogP contribution < -0.4 is 0 Å². The molecule has 0 saturated heterocycles. The Kier molecular flexibility index (Phi) is 7.12. The Hall–Kier alpha value is -0.413. The van der Waals surface area contributed by atoms with E-state index in [-0.39, 0.29) is 30.3 Å². The van der Waals surface area contributed by atoms with Gasteiger partial charge in [-0.05, 0) is 0 Å². The van der Waals surface area contributed by atoms with Crippen molar-refractivity contribution in [2.24, 2.45) is 0 Å². The number of fused-ring (bicyclic) bond motifs is 3. The molecule has 0 unspecified atom stereocenters. The van der Waals surface area contributed by atoms with Gasteiger partial charge >= 0.3 is 148 Å². The molecular weight excluding hydrogens is 530 g/mol. The van der Waals surface area contributed by atoms with Crippen LogP contribution in [0.3, 0.4) is 0 Å². The van der Waals surface area contributed by atoms with Crippen molar-refractivity contribution in [3.05, 3.63) is 80.7 Å². The van der Waals surface area contributed by atoms with Gasteiger partial charge in [-0.3, -0.25) is 0 Å². The zero-order valence-corrected chi connectivity index (χ0v) is 21.1. The molecular formula is C21H24Cl2HfSi. The summed E-state index contributed by atoms with van der Waals surface area (Å²) in [7, 11) is 0. The Morgan fingerprint density at radius 3 is 1.84 bits per heavy atom. The number of halogens is 2. The van der Waals surface area contributed by atoms with E-state index >= 15 is 0 Å². The predicted molar refractivity (Wildman–Crippen MR) is 112 cm³/mol. The standard InChI is InChI=1S/C13H9.C6H7.C2H6Si.2ClH.Hf/c1-3-7-12-10(5-1)9-11-6-2-4-8-13(11)12;1-6-4-2-3-5-6;1-3-2;;;/h1-9H;2,4H,3H2,1H3;1-2H3;2*1H;. The van der Waals surface area contributed by atoms with Crippen LogP contribution in [0.2, 0.25) is 13.1 Å². The molecule has 4 heteroatoms. The normalized spacial score (nSPS) is 14.5. The van der Waals surface area contributed by atoms with Gasteiger partial charge in [0.1, 0.15) is 0 Å². The molecule has 0 atom stereocenters. The third-order valence-electron chi connectivity index (χ3n) is 5.15. The number of benzene rings is 2. The van der Waals surface area contributed by atoms with Crippen molar-refractivity contribution in [2.45, 2.75) is 30.1 Å². The van der Waals surface area contributed by atoms with Crippen molar-refractivity contribution in [3.63, 3.8) is 0 Å². The first-order valence-corrected chi connectivity index (χ1v) is 20.2. The van der Waals surface area contributed by atoms with E-state index in [4.69, 9.17) is 0 Å². The minimum atomic E-state index is -1.93. The molecule has 0 heterocycles. The molecule has 0 fully saturated rings. The topological polar surface area (TPSA) is 0 Å². The first kappa shape index (κ1) is 20.9. The Labute approximate surface area is 171 Å². The van der Waals surface area contributed by atoms with Gasteiger partial charge in [-0.15, -0.1) is 24.8 Å². The van der Waals surface area contributed by atoms with E-state index < -0.39 is 20.1 Å². The maximum absolute atomic E-state index is 2.58. The van der Waals surface area contributed by atoms with E-state index in [9.17, 15) is 0 Å². The van der Waals surface area contributed by atoms with E-state index in [0.29, 0.717) is 0 Å². The molecule has 0 amide bonds. The first-order valence-electron chi connectivity index (χ1n) is 8.40. The Morgan fingerprint density at radius 2 is 1.40 bits per heavy atom. The largest absolute Gasteiger partial charge is 0.147 e. The summed E-state index contributed by atoms with van der Waals surface area (Å²) in [5, 5.41) is 0. The van der Waals surface area contributed by atoms with E-state index in [2.05, 4.69) is 80.7 Å². The van der Waals surface area contributed by atoms with E-state index in [1.54, 1.807) is 16.7 Å². The fourth-order valence-corrected chi connectivity index (χ4v) is 31.4. The van der Waals surface area contributed by atoms with Crippen LogP contribution in [0.4, 0.5) is 0 Å². The monoisotopic (exact) mass is 554 g/mol. The number of rotatable bonds is 2. The molecule has 2 aromatic carbocycles. The molecule has 2 aromatic rings. The van der Waals surface area contributed by atoms with Gasteiger partial charge in [-0.2, -0.15) is 0 Å². The molecule has 0 spiro atoms. The summed E-state index contributed by atoms with van der Waals surface area (Å²) in [5.74, 6) is 0. The van der Waals surface area contributed by atoms with E-state index in [1.807, 2.05) is 3.33 Å². The Balaban J connectivity index is 0.00000113. The summed E-state index contributed by atoms with van der Waals surface area (Å²) in [5.41, 5.74) is 7.63. The maximum atomic E-state index is 2.58. The van der Waals surface area contributed by atoms with Gasteiger partial charge in [0.25, 0.3) is 0 Å². The van der Waals surface area contributed by atoms with Crippen LogP contribution in [0.5, 0.6) is 0 Å². The molecule has 0 aromatic heterocycles.